The van der Waals surface area contributed by atoms with Gasteiger partial charge in [-0.1, -0.05) is 22.4 Å². The maximum absolute atomic E-state index is 12.7. The van der Waals surface area contributed by atoms with Crippen LogP contribution in [0.5, 0.6) is 0 Å². The van der Waals surface area contributed by atoms with Crippen molar-refractivity contribution in [1.82, 2.24) is 25.0 Å². The minimum Gasteiger partial charge on any atom is -0.444 e. The van der Waals surface area contributed by atoms with Crippen LogP contribution in [0.3, 0.4) is 0 Å². The van der Waals surface area contributed by atoms with E-state index in [0.717, 1.165) is 0 Å². The highest BCUT2D eigenvalue weighted by atomic mass is 16.7. The Balaban J connectivity index is 1.41. The van der Waals surface area contributed by atoms with E-state index in [2.05, 4.69) is 10.3 Å². The van der Waals surface area contributed by atoms with Crippen LogP contribution >= 0.6 is 0 Å². The number of ether oxygens (including phenoxy) is 1. The summed E-state index contributed by atoms with van der Waals surface area (Å²) in [6.45, 7) is 6.26. The number of rotatable bonds is 3. The summed E-state index contributed by atoms with van der Waals surface area (Å²) >= 11 is 0. The first-order chi connectivity index (χ1) is 15.2. The number of amides is 3. The summed E-state index contributed by atoms with van der Waals surface area (Å²) in [7, 11) is 0. The molecule has 1 aromatic heterocycles. The Hall–Kier alpha value is -3.76. The Morgan fingerprint density at radius 1 is 1.03 bits per heavy atom. The number of hydroxylamine groups is 2. The van der Waals surface area contributed by atoms with Crippen LogP contribution in [0.25, 0.3) is 0 Å². The first-order valence-electron chi connectivity index (χ1n) is 10.2. The molecule has 3 amide bonds. The van der Waals surface area contributed by atoms with Gasteiger partial charge >= 0.3 is 12.1 Å². The normalized spacial score (nSPS) is 16.8. The Bertz CT molecular complexity index is 1050. The molecule has 2 aliphatic rings. The SMILES string of the molecule is CC(C)(C)OC(=O)N1CCC(n2nncc2C(=O)ON2C(=O)c3ccccc3C2=O)CC1. The van der Waals surface area contributed by atoms with Gasteiger partial charge in [-0.15, -0.1) is 5.10 Å². The van der Waals surface area contributed by atoms with E-state index in [9.17, 15) is 19.2 Å². The maximum atomic E-state index is 12.7. The van der Waals surface area contributed by atoms with Crippen molar-refractivity contribution in [2.45, 2.75) is 45.3 Å². The highest BCUT2D eigenvalue weighted by molar-refractivity contribution is 6.21. The molecule has 1 saturated heterocycles. The number of piperidine rings is 1. The predicted molar refractivity (Wildman–Crippen MR) is 108 cm³/mol. The van der Waals surface area contributed by atoms with Crippen molar-refractivity contribution in [3.05, 3.63) is 47.3 Å². The molecular formula is C21H23N5O6. The Kier molecular flexibility index (Phi) is 5.41. The van der Waals surface area contributed by atoms with E-state index in [1.165, 1.54) is 23.0 Å². The molecule has 0 saturated carbocycles. The van der Waals surface area contributed by atoms with Crippen LogP contribution in [0, 0.1) is 0 Å². The maximum Gasteiger partial charge on any atom is 0.410 e. The summed E-state index contributed by atoms with van der Waals surface area (Å²) < 4.78 is 6.80. The number of benzene rings is 1. The number of hydrogen-bond acceptors (Lipinski definition) is 8. The summed E-state index contributed by atoms with van der Waals surface area (Å²) in [5.74, 6) is -2.33. The number of nitrogens with zero attached hydrogens (tertiary/aromatic N) is 5. The minimum absolute atomic E-state index is 0.0114. The van der Waals surface area contributed by atoms with E-state index in [1.807, 2.05) is 0 Å². The second kappa shape index (κ2) is 8.06. The summed E-state index contributed by atoms with van der Waals surface area (Å²) in [5, 5.41) is 8.23. The third-order valence-corrected chi connectivity index (χ3v) is 5.18. The largest absolute Gasteiger partial charge is 0.444 e. The predicted octanol–water partition coefficient (Wildman–Crippen LogP) is 2.22. The molecule has 32 heavy (non-hydrogen) atoms. The van der Waals surface area contributed by atoms with E-state index in [0.29, 0.717) is 31.0 Å². The van der Waals surface area contributed by atoms with Crippen LogP contribution in [0.1, 0.15) is 70.9 Å². The molecule has 0 spiro atoms. The zero-order valence-electron chi connectivity index (χ0n) is 18.0. The van der Waals surface area contributed by atoms with Gasteiger partial charge in [-0.25, -0.2) is 14.3 Å². The van der Waals surface area contributed by atoms with Crippen LogP contribution in [-0.2, 0) is 9.57 Å². The number of carbonyl (C=O) groups is 4. The van der Waals surface area contributed by atoms with E-state index in [4.69, 9.17) is 9.57 Å². The number of fused-ring (bicyclic) bond motifs is 1. The number of aromatic nitrogens is 3. The first-order valence-corrected chi connectivity index (χ1v) is 10.2. The fraction of sp³-hybridized carbons (Fsp3) is 0.429. The molecule has 1 fully saturated rings. The molecule has 0 aliphatic carbocycles. The Morgan fingerprint density at radius 2 is 1.62 bits per heavy atom. The van der Waals surface area contributed by atoms with Crippen molar-refractivity contribution in [1.29, 1.82) is 0 Å². The lowest BCUT2D eigenvalue weighted by Crippen LogP contribution is -2.42. The molecule has 11 nitrogen and oxygen atoms in total. The summed E-state index contributed by atoms with van der Waals surface area (Å²) in [5.41, 5.74) is -0.226. The van der Waals surface area contributed by atoms with Crippen molar-refractivity contribution in [3.8, 4) is 0 Å². The lowest BCUT2D eigenvalue weighted by atomic mass is 10.1. The van der Waals surface area contributed by atoms with Crippen molar-refractivity contribution >= 4 is 23.9 Å². The Labute approximate surface area is 183 Å². The van der Waals surface area contributed by atoms with Gasteiger partial charge in [0.25, 0.3) is 11.8 Å². The smallest absolute Gasteiger partial charge is 0.410 e. The van der Waals surface area contributed by atoms with E-state index < -0.39 is 23.4 Å². The van der Waals surface area contributed by atoms with Crippen LogP contribution in [0.2, 0.25) is 0 Å². The molecule has 168 valence electrons. The number of hydrogen-bond donors (Lipinski definition) is 0. The lowest BCUT2D eigenvalue weighted by molar-refractivity contribution is -0.0594. The van der Waals surface area contributed by atoms with Crippen molar-refractivity contribution < 1.29 is 28.8 Å². The lowest BCUT2D eigenvalue weighted by Gasteiger charge is -2.33. The van der Waals surface area contributed by atoms with Crippen LogP contribution in [0.4, 0.5) is 4.79 Å². The third-order valence-electron chi connectivity index (χ3n) is 5.18. The second-order valence-electron chi connectivity index (χ2n) is 8.59. The average molecular weight is 441 g/mol. The topological polar surface area (TPSA) is 124 Å². The fourth-order valence-electron chi connectivity index (χ4n) is 3.66. The number of imide groups is 1. The highest BCUT2D eigenvalue weighted by Gasteiger charge is 2.39. The molecular weight excluding hydrogens is 418 g/mol. The van der Waals surface area contributed by atoms with Gasteiger partial charge in [0.2, 0.25) is 0 Å². The van der Waals surface area contributed by atoms with E-state index in [-0.39, 0.29) is 29.0 Å². The minimum atomic E-state index is -0.918. The quantitative estimate of drug-likeness (QED) is 0.664. The molecule has 1 aromatic carbocycles. The highest BCUT2D eigenvalue weighted by Crippen LogP contribution is 2.26. The van der Waals surface area contributed by atoms with Crippen LogP contribution in [0.15, 0.2) is 30.5 Å². The zero-order chi connectivity index (χ0) is 23.0. The second-order valence-corrected chi connectivity index (χ2v) is 8.59. The van der Waals surface area contributed by atoms with E-state index in [1.54, 1.807) is 37.8 Å². The summed E-state index contributed by atoms with van der Waals surface area (Å²) in [6.07, 6.45) is 1.88. The molecule has 2 aliphatic heterocycles. The third kappa shape index (κ3) is 4.05. The molecule has 0 unspecified atom stereocenters. The van der Waals surface area contributed by atoms with Gasteiger partial charge in [0.15, 0.2) is 5.69 Å². The van der Waals surface area contributed by atoms with Gasteiger partial charge in [-0.05, 0) is 45.7 Å². The average Bonchev–Trinajstić information content (AvgIpc) is 3.33. The molecule has 4 rings (SSSR count). The molecule has 0 radical (unpaired) electrons. The van der Waals surface area contributed by atoms with Gasteiger partial charge in [-0.3, -0.25) is 9.59 Å². The summed E-state index contributed by atoms with van der Waals surface area (Å²) in [6, 6.07) is 6.03. The van der Waals surface area contributed by atoms with Crippen molar-refractivity contribution in [2.75, 3.05) is 13.1 Å². The molecule has 11 heteroatoms. The van der Waals surface area contributed by atoms with Crippen LogP contribution in [-0.4, -0.2) is 67.5 Å². The van der Waals surface area contributed by atoms with Gasteiger partial charge < -0.3 is 14.5 Å². The fourth-order valence-corrected chi connectivity index (χ4v) is 3.66. The zero-order valence-corrected chi connectivity index (χ0v) is 18.0. The number of likely N-dealkylation sites (tertiary alicyclic amines) is 1. The van der Waals surface area contributed by atoms with Crippen LogP contribution < -0.4 is 0 Å². The molecule has 2 aromatic rings. The number of carbonyl (C=O) groups excluding carboxylic acids is 4. The van der Waals surface area contributed by atoms with Crippen molar-refractivity contribution in [2.24, 2.45) is 0 Å². The van der Waals surface area contributed by atoms with Gasteiger partial charge in [-0.2, -0.15) is 0 Å². The molecule has 0 bridgehead atoms. The van der Waals surface area contributed by atoms with E-state index >= 15 is 0 Å². The van der Waals surface area contributed by atoms with Gasteiger partial charge in [0.1, 0.15) is 5.60 Å². The molecule has 3 heterocycles. The molecule has 0 N–H and O–H groups in total. The summed E-state index contributed by atoms with van der Waals surface area (Å²) in [4.78, 5) is 56.6. The molecule has 0 atom stereocenters. The van der Waals surface area contributed by atoms with Gasteiger partial charge in [0, 0.05) is 13.1 Å². The Morgan fingerprint density at radius 3 is 2.19 bits per heavy atom. The van der Waals surface area contributed by atoms with Crippen molar-refractivity contribution in [3.63, 3.8) is 0 Å². The monoisotopic (exact) mass is 441 g/mol. The first kappa shape index (κ1) is 21.5. The van der Waals surface area contributed by atoms with Gasteiger partial charge in [0.05, 0.1) is 23.4 Å². The standard InChI is InChI=1S/C21H23N5O6/c1-21(2,3)31-20(30)24-10-8-13(9-11-24)25-16(12-22-23-25)19(29)32-26-17(27)14-6-4-5-7-15(14)18(26)28/h4-7,12-13H,8-11H2,1-3H3.